The molecule has 2 atom stereocenters. The molecule has 0 radical (unpaired) electrons. The highest BCUT2D eigenvalue weighted by molar-refractivity contribution is 7.99. The molecule has 0 bridgehead atoms. The van der Waals surface area contributed by atoms with Crippen molar-refractivity contribution in [2.75, 3.05) is 6.54 Å². The lowest BCUT2D eigenvalue weighted by atomic mass is 9.97. The van der Waals surface area contributed by atoms with Crippen LogP contribution in [0.25, 0.3) is 0 Å². The molecule has 4 heteroatoms. The molecule has 17 heavy (non-hydrogen) atoms. The molecule has 0 spiro atoms. The number of thioether (sulfide) groups is 1. The summed E-state index contributed by atoms with van der Waals surface area (Å²) >= 11 is 1.69. The van der Waals surface area contributed by atoms with Crippen LogP contribution in [0.4, 0.5) is 8.78 Å². The van der Waals surface area contributed by atoms with E-state index in [2.05, 4.69) is 12.2 Å². The van der Waals surface area contributed by atoms with Crippen molar-refractivity contribution in [3.05, 3.63) is 34.9 Å². The molecule has 0 saturated carbocycles. The standard InChI is InChI=1S/C13H17F2NS/c1-3-16-12-6-8(2)17-7-10-9(12)4-5-11(14)13(10)15/h4-5,8,12,16H,3,6-7H2,1-2H3. The first-order chi connectivity index (χ1) is 8.13. The lowest BCUT2D eigenvalue weighted by molar-refractivity contribution is 0.483. The maximum absolute atomic E-state index is 13.8. The van der Waals surface area contributed by atoms with E-state index in [-0.39, 0.29) is 6.04 Å². The number of hydrogen-bond acceptors (Lipinski definition) is 2. The zero-order valence-electron chi connectivity index (χ0n) is 10.1. The highest BCUT2D eigenvalue weighted by atomic mass is 32.2. The van der Waals surface area contributed by atoms with Gasteiger partial charge in [0.2, 0.25) is 0 Å². The number of fused-ring (bicyclic) bond motifs is 1. The average Bonchev–Trinajstić information content (AvgIpc) is 2.45. The SMILES string of the molecule is CCNC1CC(C)SCc2c1ccc(F)c2F. The lowest BCUT2D eigenvalue weighted by Crippen LogP contribution is -2.23. The van der Waals surface area contributed by atoms with Gasteiger partial charge in [-0.1, -0.05) is 19.9 Å². The number of rotatable bonds is 2. The van der Waals surface area contributed by atoms with Crippen LogP contribution in [-0.4, -0.2) is 11.8 Å². The van der Waals surface area contributed by atoms with Crippen molar-refractivity contribution >= 4 is 11.8 Å². The smallest absolute Gasteiger partial charge is 0.163 e. The van der Waals surface area contributed by atoms with Gasteiger partial charge >= 0.3 is 0 Å². The van der Waals surface area contributed by atoms with Gasteiger partial charge in [0.1, 0.15) is 0 Å². The Hall–Kier alpha value is -0.610. The Morgan fingerprint density at radius 1 is 1.41 bits per heavy atom. The lowest BCUT2D eigenvalue weighted by Gasteiger charge is -2.20. The molecule has 1 aromatic rings. The van der Waals surface area contributed by atoms with Crippen LogP contribution in [0.2, 0.25) is 0 Å². The van der Waals surface area contributed by atoms with Crippen molar-refractivity contribution in [3.8, 4) is 0 Å². The average molecular weight is 257 g/mol. The van der Waals surface area contributed by atoms with Gasteiger partial charge in [-0.3, -0.25) is 0 Å². The molecular weight excluding hydrogens is 240 g/mol. The van der Waals surface area contributed by atoms with E-state index in [0.717, 1.165) is 18.5 Å². The van der Waals surface area contributed by atoms with Crippen molar-refractivity contribution in [2.45, 2.75) is 37.3 Å². The zero-order chi connectivity index (χ0) is 12.4. The minimum Gasteiger partial charge on any atom is -0.310 e. The Morgan fingerprint density at radius 3 is 2.88 bits per heavy atom. The van der Waals surface area contributed by atoms with E-state index in [9.17, 15) is 8.78 Å². The first-order valence-corrected chi connectivity index (χ1v) is 7.00. The molecular formula is C13H17F2NS. The predicted octanol–water partition coefficient (Wildman–Crippen LogP) is 3.64. The summed E-state index contributed by atoms with van der Waals surface area (Å²) < 4.78 is 27.0. The van der Waals surface area contributed by atoms with Crippen LogP contribution in [0.5, 0.6) is 0 Å². The van der Waals surface area contributed by atoms with Crippen LogP contribution in [0.3, 0.4) is 0 Å². The van der Waals surface area contributed by atoms with Gasteiger partial charge < -0.3 is 5.32 Å². The van der Waals surface area contributed by atoms with Crippen molar-refractivity contribution in [2.24, 2.45) is 0 Å². The second kappa shape index (κ2) is 5.36. The number of halogens is 2. The van der Waals surface area contributed by atoms with Gasteiger partial charge in [-0.2, -0.15) is 11.8 Å². The van der Waals surface area contributed by atoms with Gasteiger partial charge in [-0.25, -0.2) is 8.78 Å². The monoisotopic (exact) mass is 257 g/mol. The fourth-order valence-corrected chi connectivity index (χ4v) is 3.35. The minimum atomic E-state index is -0.742. The first-order valence-electron chi connectivity index (χ1n) is 5.95. The van der Waals surface area contributed by atoms with Gasteiger partial charge in [-0.15, -0.1) is 0 Å². The zero-order valence-corrected chi connectivity index (χ0v) is 10.9. The molecule has 1 heterocycles. The van der Waals surface area contributed by atoms with Crippen molar-refractivity contribution in [1.29, 1.82) is 0 Å². The predicted molar refractivity (Wildman–Crippen MR) is 68.1 cm³/mol. The summed E-state index contributed by atoms with van der Waals surface area (Å²) in [6.07, 6.45) is 0.955. The highest BCUT2D eigenvalue weighted by Gasteiger charge is 2.25. The Bertz CT molecular complexity index is 409. The van der Waals surface area contributed by atoms with E-state index in [1.54, 1.807) is 17.8 Å². The maximum Gasteiger partial charge on any atom is 0.163 e. The van der Waals surface area contributed by atoms with Gasteiger partial charge in [0.15, 0.2) is 11.6 Å². The Kier molecular flexibility index (Phi) is 4.05. The van der Waals surface area contributed by atoms with E-state index in [0.29, 0.717) is 16.6 Å². The van der Waals surface area contributed by atoms with Gasteiger partial charge in [0.05, 0.1) is 0 Å². The highest BCUT2D eigenvalue weighted by Crippen LogP contribution is 2.36. The van der Waals surface area contributed by atoms with E-state index in [4.69, 9.17) is 0 Å². The summed E-state index contributed by atoms with van der Waals surface area (Å²) in [5.41, 5.74) is 1.45. The summed E-state index contributed by atoms with van der Waals surface area (Å²) in [7, 11) is 0. The normalized spacial score (nSPS) is 24.2. The van der Waals surface area contributed by atoms with Crippen LogP contribution in [0.1, 0.15) is 37.4 Å². The van der Waals surface area contributed by atoms with Gasteiger partial charge in [0.25, 0.3) is 0 Å². The molecule has 2 rings (SSSR count). The molecule has 0 saturated heterocycles. The molecule has 1 N–H and O–H groups in total. The van der Waals surface area contributed by atoms with E-state index >= 15 is 0 Å². The number of nitrogens with one attached hydrogen (secondary N) is 1. The maximum atomic E-state index is 13.8. The van der Waals surface area contributed by atoms with Crippen LogP contribution < -0.4 is 5.32 Å². The number of benzene rings is 1. The van der Waals surface area contributed by atoms with Crippen molar-refractivity contribution in [1.82, 2.24) is 5.32 Å². The molecule has 0 fully saturated rings. The Morgan fingerprint density at radius 2 is 2.18 bits per heavy atom. The van der Waals surface area contributed by atoms with E-state index in [1.807, 2.05) is 6.92 Å². The van der Waals surface area contributed by atoms with Crippen LogP contribution in [-0.2, 0) is 5.75 Å². The van der Waals surface area contributed by atoms with E-state index in [1.165, 1.54) is 6.07 Å². The van der Waals surface area contributed by atoms with Gasteiger partial charge in [-0.05, 0) is 24.6 Å². The third kappa shape index (κ3) is 2.63. The molecule has 1 aromatic carbocycles. The Balaban J connectivity index is 2.43. The summed E-state index contributed by atoms with van der Waals surface area (Å²) in [5, 5.41) is 3.81. The molecule has 2 unspecified atom stereocenters. The second-order valence-electron chi connectivity index (χ2n) is 4.40. The van der Waals surface area contributed by atoms with Crippen molar-refractivity contribution < 1.29 is 8.78 Å². The quantitative estimate of drug-likeness (QED) is 0.868. The summed E-state index contributed by atoms with van der Waals surface area (Å²) in [6, 6.07) is 3.09. The molecule has 94 valence electrons. The molecule has 0 amide bonds. The third-order valence-corrected chi connectivity index (χ3v) is 4.35. The third-order valence-electron chi connectivity index (χ3n) is 3.14. The van der Waals surface area contributed by atoms with Crippen LogP contribution in [0.15, 0.2) is 12.1 Å². The topological polar surface area (TPSA) is 12.0 Å². The molecule has 0 aliphatic carbocycles. The molecule has 1 aliphatic rings. The summed E-state index contributed by atoms with van der Waals surface area (Å²) in [4.78, 5) is 0. The molecule has 0 aromatic heterocycles. The van der Waals surface area contributed by atoms with Crippen LogP contribution >= 0.6 is 11.8 Å². The first kappa shape index (κ1) is 12.8. The van der Waals surface area contributed by atoms with Crippen LogP contribution in [0, 0.1) is 11.6 Å². The number of hydrogen-bond donors (Lipinski definition) is 1. The minimum absolute atomic E-state index is 0.134. The van der Waals surface area contributed by atoms with E-state index < -0.39 is 11.6 Å². The largest absolute Gasteiger partial charge is 0.310 e. The van der Waals surface area contributed by atoms with Crippen molar-refractivity contribution in [3.63, 3.8) is 0 Å². The summed E-state index contributed by atoms with van der Waals surface area (Å²) in [5.74, 6) is -0.858. The molecule has 1 nitrogen and oxygen atoms in total. The summed E-state index contributed by atoms with van der Waals surface area (Å²) in [6.45, 7) is 5.00. The fourth-order valence-electron chi connectivity index (χ4n) is 2.27. The molecule has 1 aliphatic heterocycles. The fraction of sp³-hybridized carbons (Fsp3) is 0.538. The Labute approximate surface area is 105 Å². The van der Waals surface area contributed by atoms with Gasteiger partial charge in [0, 0.05) is 22.6 Å². The second-order valence-corrected chi connectivity index (χ2v) is 5.82.